The van der Waals surface area contributed by atoms with Crippen LogP contribution in [0.4, 0.5) is 0 Å². The molecule has 98 valence electrons. The SMILES string of the molecule is C=CC[C@@H](C(=O)C(C)(C)C)C(=O)C(C)(C)OC. The zero-order chi connectivity index (χ0) is 13.9. The second kappa shape index (κ2) is 5.58. The van der Waals surface area contributed by atoms with Gasteiger partial charge in [0.2, 0.25) is 0 Å². The molecule has 0 amide bonds. The molecule has 0 aromatic heterocycles. The van der Waals surface area contributed by atoms with Gasteiger partial charge in [-0.05, 0) is 20.3 Å². The predicted molar refractivity (Wildman–Crippen MR) is 68.9 cm³/mol. The van der Waals surface area contributed by atoms with Gasteiger partial charge in [0.1, 0.15) is 11.4 Å². The molecule has 0 aliphatic heterocycles. The standard InChI is InChI=1S/C14H24O3/c1-8-9-10(11(15)13(2,3)4)12(16)14(5,6)17-7/h8,10H,1,9H2,2-7H3/t10-/m0/s1. The summed E-state index contributed by atoms with van der Waals surface area (Å²) in [6.45, 7) is 12.4. The maximum Gasteiger partial charge on any atom is 0.174 e. The molecular formula is C14H24O3. The second-order valence-electron chi connectivity index (χ2n) is 5.77. The van der Waals surface area contributed by atoms with Crippen LogP contribution in [-0.4, -0.2) is 24.3 Å². The van der Waals surface area contributed by atoms with Gasteiger partial charge >= 0.3 is 0 Å². The highest BCUT2D eigenvalue weighted by Crippen LogP contribution is 2.27. The highest BCUT2D eigenvalue weighted by Gasteiger charge is 2.40. The third-order valence-corrected chi connectivity index (χ3v) is 2.88. The lowest BCUT2D eigenvalue weighted by Crippen LogP contribution is -2.44. The van der Waals surface area contributed by atoms with Crippen molar-refractivity contribution in [3.05, 3.63) is 12.7 Å². The highest BCUT2D eigenvalue weighted by atomic mass is 16.5. The molecule has 3 nitrogen and oxygen atoms in total. The minimum Gasteiger partial charge on any atom is -0.371 e. The van der Waals surface area contributed by atoms with E-state index >= 15 is 0 Å². The van der Waals surface area contributed by atoms with E-state index in [4.69, 9.17) is 4.74 Å². The van der Waals surface area contributed by atoms with Gasteiger partial charge in [-0.3, -0.25) is 9.59 Å². The summed E-state index contributed by atoms with van der Waals surface area (Å²) in [6.07, 6.45) is 1.97. The Kier molecular flexibility index (Phi) is 5.27. The first kappa shape index (κ1) is 16.0. The third kappa shape index (κ3) is 4.08. The molecule has 0 radical (unpaired) electrons. The van der Waals surface area contributed by atoms with Crippen molar-refractivity contribution in [2.24, 2.45) is 11.3 Å². The van der Waals surface area contributed by atoms with E-state index in [2.05, 4.69) is 6.58 Å². The van der Waals surface area contributed by atoms with Crippen molar-refractivity contribution < 1.29 is 14.3 Å². The summed E-state index contributed by atoms with van der Waals surface area (Å²) >= 11 is 0. The van der Waals surface area contributed by atoms with E-state index in [1.54, 1.807) is 19.9 Å². The number of ether oxygens (including phenoxy) is 1. The van der Waals surface area contributed by atoms with Gasteiger partial charge in [-0.25, -0.2) is 0 Å². The average Bonchev–Trinajstić information content (AvgIpc) is 2.22. The minimum absolute atomic E-state index is 0.0625. The molecule has 0 aromatic rings. The van der Waals surface area contributed by atoms with E-state index in [1.165, 1.54) is 7.11 Å². The molecule has 0 bridgehead atoms. The fraction of sp³-hybridized carbons (Fsp3) is 0.714. The number of carbonyl (C=O) groups excluding carboxylic acids is 2. The lowest BCUT2D eigenvalue weighted by molar-refractivity contribution is -0.148. The summed E-state index contributed by atoms with van der Waals surface area (Å²) in [6, 6.07) is 0. The van der Waals surface area contributed by atoms with E-state index in [1.807, 2.05) is 20.8 Å². The van der Waals surface area contributed by atoms with Crippen LogP contribution in [-0.2, 0) is 14.3 Å². The van der Waals surface area contributed by atoms with Crippen molar-refractivity contribution >= 4 is 11.6 Å². The van der Waals surface area contributed by atoms with E-state index in [0.29, 0.717) is 6.42 Å². The Labute approximate surface area is 104 Å². The average molecular weight is 240 g/mol. The summed E-state index contributed by atoms with van der Waals surface area (Å²) in [5.74, 6) is -0.908. The normalized spacial score (nSPS) is 14.2. The second-order valence-corrected chi connectivity index (χ2v) is 5.77. The van der Waals surface area contributed by atoms with Crippen molar-refractivity contribution in [1.82, 2.24) is 0 Å². The van der Waals surface area contributed by atoms with E-state index in [-0.39, 0.29) is 11.6 Å². The number of Topliss-reactive ketones (excluding diaryl/α,β-unsaturated/α-hetero) is 2. The molecular weight excluding hydrogens is 216 g/mol. The van der Waals surface area contributed by atoms with Crippen LogP contribution in [0.1, 0.15) is 41.0 Å². The molecule has 0 aromatic carbocycles. The Morgan fingerprint density at radius 1 is 1.18 bits per heavy atom. The zero-order valence-electron chi connectivity index (χ0n) is 11.8. The van der Waals surface area contributed by atoms with Crippen LogP contribution < -0.4 is 0 Å². The maximum absolute atomic E-state index is 12.3. The van der Waals surface area contributed by atoms with Crippen LogP contribution in [0.25, 0.3) is 0 Å². The number of allylic oxidation sites excluding steroid dienone is 1. The van der Waals surface area contributed by atoms with E-state index in [9.17, 15) is 9.59 Å². The molecule has 0 rings (SSSR count). The van der Waals surface area contributed by atoms with Gasteiger partial charge in [0.05, 0.1) is 5.92 Å². The van der Waals surface area contributed by atoms with Crippen LogP contribution in [0.5, 0.6) is 0 Å². The van der Waals surface area contributed by atoms with Crippen LogP contribution in [0.3, 0.4) is 0 Å². The molecule has 0 unspecified atom stereocenters. The Hall–Kier alpha value is -0.960. The van der Waals surface area contributed by atoms with Gasteiger partial charge in [0.25, 0.3) is 0 Å². The van der Waals surface area contributed by atoms with Crippen molar-refractivity contribution in [3.63, 3.8) is 0 Å². The van der Waals surface area contributed by atoms with Gasteiger partial charge < -0.3 is 4.74 Å². The molecule has 0 aliphatic carbocycles. The Morgan fingerprint density at radius 2 is 1.65 bits per heavy atom. The van der Waals surface area contributed by atoms with Crippen molar-refractivity contribution in [3.8, 4) is 0 Å². The highest BCUT2D eigenvalue weighted by molar-refractivity contribution is 6.07. The number of rotatable bonds is 6. The number of methoxy groups -OCH3 is 1. The minimum atomic E-state index is -0.936. The number of ketones is 2. The summed E-state index contributed by atoms with van der Waals surface area (Å²) in [4.78, 5) is 24.5. The third-order valence-electron chi connectivity index (χ3n) is 2.88. The molecule has 0 saturated heterocycles. The van der Waals surface area contributed by atoms with Crippen LogP contribution in [0.15, 0.2) is 12.7 Å². The molecule has 0 saturated carbocycles. The Morgan fingerprint density at radius 3 is 1.94 bits per heavy atom. The lowest BCUT2D eigenvalue weighted by Gasteiger charge is -2.29. The predicted octanol–water partition coefficient (Wildman–Crippen LogP) is 2.79. The zero-order valence-corrected chi connectivity index (χ0v) is 11.8. The number of hydrogen-bond donors (Lipinski definition) is 0. The van der Waals surface area contributed by atoms with Gasteiger partial charge in [-0.1, -0.05) is 26.8 Å². The fourth-order valence-electron chi connectivity index (χ4n) is 1.54. The Balaban J connectivity index is 5.19. The largest absolute Gasteiger partial charge is 0.371 e. The molecule has 0 spiro atoms. The van der Waals surface area contributed by atoms with Crippen molar-refractivity contribution in [2.45, 2.75) is 46.6 Å². The molecule has 0 aliphatic rings. The van der Waals surface area contributed by atoms with Gasteiger partial charge in [-0.15, -0.1) is 6.58 Å². The van der Waals surface area contributed by atoms with Crippen molar-refractivity contribution in [2.75, 3.05) is 7.11 Å². The molecule has 17 heavy (non-hydrogen) atoms. The van der Waals surface area contributed by atoms with Crippen LogP contribution >= 0.6 is 0 Å². The smallest absolute Gasteiger partial charge is 0.174 e. The number of hydrogen-bond acceptors (Lipinski definition) is 3. The van der Waals surface area contributed by atoms with Crippen LogP contribution in [0, 0.1) is 11.3 Å². The van der Waals surface area contributed by atoms with Gasteiger partial charge in [0, 0.05) is 12.5 Å². The van der Waals surface area contributed by atoms with E-state index in [0.717, 1.165) is 0 Å². The molecule has 0 heterocycles. The summed E-state index contributed by atoms with van der Waals surface area (Å²) in [7, 11) is 1.48. The molecule has 0 N–H and O–H groups in total. The summed E-state index contributed by atoms with van der Waals surface area (Å²) < 4.78 is 5.15. The van der Waals surface area contributed by atoms with Gasteiger partial charge in [0.15, 0.2) is 5.78 Å². The quantitative estimate of drug-likeness (QED) is 0.529. The Bertz CT molecular complexity index is 308. The maximum atomic E-state index is 12.3. The summed E-state index contributed by atoms with van der Waals surface area (Å²) in [5.41, 5.74) is -1.47. The van der Waals surface area contributed by atoms with Gasteiger partial charge in [-0.2, -0.15) is 0 Å². The van der Waals surface area contributed by atoms with Crippen molar-refractivity contribution in [1.29, 1.82) is 0 Å². The molecule has 3 heteroatoms. The summed E-state index contributed by atoms with van der Waals surface area (Å²) in [5, 5.41) is 0. The topological polar surface area (TPSA) is 43.4 Å². The molecule has 0 fully saturated rings. The van der Waals surface area contributed by atoms with E-state index < -0.39 is 16.9 Å². The lowest BCUT2D eigenvalue weighted by atomic mass is 9.76. The fourth-order valence-corrected chi connectivity index (χ4v) is 1.54. The van der Waals surface area contributed by atoms with Crippen LogP contribution in [0.2, 0.25) is 0 Å². The first-order valence-corrected chi connectivity index (χ1v) is 5.82. The first-order valence-electron chi connectivity index (χ1n) is 5.82. The molecule has 1 atom stereocenters. The first-order chi connectivity index (χ1) is 7.57. The number of carbonyl (C=O) groups is 2. The monoisotopic (exact) mass is 240 g/mol.